The molecule has 4 atom stereocenters. The summed E-state index contributed by atoms with van der Waals surface area (Å²) in [6, 6.07) is -0.242. The van der Waals surface area contributed by atoms with Gasteiger partial charge in [0.25, 0.3) is 0 Å². The van der Waals surface area contributed by atoms with Crippen molar-refractivity contribution >= 4 is 11.9 Å². The van der Waals surface area contributed by atoms with Crippen LogP contribution in [0.1, 0.15) is 136 Å². The number of unbranched alkanes of at least 4 members (excludes halogenated alkanes) is 5. The van der Waals surface area contributed by atoms with Gasteiger partial charge in [-0.05, 0) is 88.4 Å². The molecule has 0 aliphatic heterocycles. The molecule has 0 heterocycles. The second kappa shape index (κ2) is 18.0. The van der Waals surface area contributed by atoms with Gasteiger partial charge in [0.2, 0.25) is 6.04 Å². The van der Waals surface area contributed by atoms with Crippen molar-refractivity contribution in [3.8, 4) is 0 Å². The second-order valence-electron chi connectivity index (χ2n) is 13.1. The van der Waals surface area contributed by atoms with Crippen LogP contribution in [0.4, 0.5) is 0 Å². The van der Waals surface area contributed by atoms with Gasteiger partial charge in [-0.1, -0.05) is 59.3 Å². The molecule has 6 nitrogen and oxygen atoms in total. The van der Waals surface area contributed by atoms with Crippen molar-refractivity contribution in [2.45, 2.75) is 155 Å². The Bertz CT molecular complexity index is 778. The van der Waals surface area contributed by atoms with Crippen LogP contribution in [0.5, 0.6) is 0 Å². The van der Waals surface area contributed by atoms with Crippen molar-refractivity contribution < 1.29 is 23.8 Å². The van der Waals surface area contributed by atoms with Crippen molar-refractivity contribution in [3.63, 3.8) is 0 Å². The molecule has 0 aromatic carbocycles. The molecule has 6 heteroatoms. The van der Waals surface area contributed by atoms with E-state index in [0.29, 0.717) is 37.4 Å². The molecule has 3 aliphatic rings. The number of hydrogen-bond acceptors (Lipinski definition) is 5. The third-order valence-electron chi connectivity index (χ3n) is 10.1. The first-order chi connectivity index (χ1) is 19.4. The number of esters is 2. The Balaban J connectivity index is 1.29. The molecule has 0 aromatic rings. The molecule has 4 unspecified atom stereocenters. The number of hydrogen-bond donors (Lipinski definition) is 0. The predicted octanol–water partition coefficient (Wildman–Crippen LogP) is 8.32. The fourth-order valence-corrected chi connectivity index (χ4v) is 7.01. The van der Waals surface area contributed by atoms with Gasteiger partial charge in [-0.15, -0.1) is 0 Å². The Morgan fingerprint density at radius 3 is 2.08 bits per heavy atom. The fraction of sp³-hybridized carbons (Fsp3) is 0.912. The molecule has 0 saturated heterocycles. The van der Waals surface area contributed by atoms with E-state index in [1.165, 1.54) is 25.7 Å². The van der Waals surface area contributed by atoms with Crippen molar-refractivity contribution in [1.82, 2.24) is 0 Å². The molecule has 0 N–H and O–H groups in total. The van der Waals surface area contributed by atoms with Crippen molar-refractivity contribution in [2.24, 2.45) is 29.6 Å². The lowest BCUT2D eigenvalue weighted by atomic mass is 9.70. The highest BCUT2D eigenvalue weighted by Gasteiger charge is 2.40. The van der Waals surface area contributed by atoms with Crippen molar-refractivity contribution in [1.29, 1.82) is 0 Å². The molecule has 3 fully saturated rings. The van der Waals surface area contributed by atoms with Crippen LogP contribution in [-0.4, -0.2) is 43.4 Å². The van der Waals surface area contributed by atoms with Gasteiger partial charge in [0.1, 0.15) is 12.2 Å². The summed E-state index contributed by atoms with van der Waals surface area (Å²) in [6.45, 7) is 15.5. The van der Waals surface area contributed by atoms with Gasteiger partial charge in [-0.2, -0.15) is 0 Å². The predicted molar refractivity (Wildman–Crippen MR) is 159 cm³/mol. The molecule has 0 radical (unpaired) electrons. The zero-order valence-electron chi connectivity index (χ0n) is 25.7. The first-order valence-corrected chi connectivity index (χ1v) is 16.8. The van der Waals surface area contributed by atoms with Gasteiger partial charge >= 0.3 is 11.9 Å². The van der Waals surface area contributed by atoms with Crippen LogP contribution in [0, 0.1) is 36.2 Å². The van der Waals surface area contributed by atoms with Gasteiger partial charge in [0.15, 0.2) is 0 Å². The SMILES string of the molecule is [C-]#[N+]C1CC(C(=O)OC2CCC(C3CCC(C(=O)OCCCCCCCC)CC3)CC2)CCC1OCC(C)CC. The molecule has 3 rings (SSSR count). The Hall–Kier alpha value is -1.61. The van der Waals surface area contributed by atoms with Gasteiger partial charge in [0, 0.05) is 13.0 Å². The fourth-order valence-electron chi connectivity index (χ4n) is 7.01. The first-order valence-electron chi connectivity index (χ1n) is 16.8. The maximum atomic E-state index is 13.0. The second-order valence-corrected chi connectivity index (χ2v) is 13.1. The van der Waals surface area contributed by atoms with Crippen LogP contribution in [0.15, 0.2) is 0 Å². The van der Waals surface area contributed by atoms with Gasteiger partial charge in [-0.3, -0.25) is 9.59 Å². The maximum Gasteiger partial charge on any atom is 0.309 e. The summed E-state index contributed by atoms with van der Waals surface area (Å²) in [5.74, 6) is 1.70. The molecular formula is C34H57NO5. The Morgan fingerprint density at radius 2 is 1.43 bits per heavy atom. The summed E-state index contributed by atoms with van der Waals surface area (Å²) in [7, 11) is 0. The maximum absolute atomic E-state index is 13.0. The normalized spacial score (nSPS) is 31.6. The first kappa shape index (κ1) is 32.9. The highest BCUT2D eigenvalue weighted by atomic mass is 16.5. The minimum atomic E-state index is -0.242. The molecule has 3 aliphatic carbocycles. The highest BCUT2D eigenvalue weighted by molar-refractivity contribution is 5.73. The molecule has 0 aromatic heterocycles. The standard InChI is InChI=1S/C34H57NO5/c1-5-7-8-9-10-11-22-38-33(36)28-14-12-26(13-15-28)27-16-19-30(20-17-27)40-34(37)29-18-21-32(31(23-29)35-4)39-24-25(3)6-2/h25-32H,5-24H2,1-3H3. The van der Waals surface area contributed by atoms with E-state index in [1.54, 1.807) is 0 Å². The molecule has 3 saturated carbocycles. The molecule has 40 heavy (non-hydrogen) atoms. The minimum absolute atomic E-state index is 0.0165. The summed E-state index contributed by atoms with van der Waals surface area (Å²) in [6.07, 6.45) is 18.6. The van der Waals surface area contributed by atoms with Crippen LogP contribution in [-0.2, 0) is 23.8 Å². The van der Waals surface area contributed by atoms with Gasteiger partial charge < -0.3 is 19.1 Å². The van der Waals surface area contributed by atoms with E-state index in [-0.39, 0.29) is 42.0 Å². The number of carbonyl (C=O) groups excluding carboxylic acids is 2. The highest BCUT2D eigenvalue weighted by Crippen LogP contribution is 2.41. The molecular weight excluding hydrogens is 502 g/mol. The van der Waals surface area contributed by atoms with Gasteiger partial charge in [0.05, 0.1) is 18.4 Å². The lowest BCUT2D eigenvalue weighted by molar-refractivity contribution is -0.158. The number of rotatable bonds is 15. The number of ether oxygens (including phenoxy) is 3. The van der Waals surface area contributed by atoms with E-state index in [4.69, 9.17) is 20.8 Å². The van der Waals surface area contributed by atoms with E-state index >= 15 is 0 Å². The van der Waals surface area contributed by atoms with Gasteiger partial charge in [-0.25, -0.2) is 6.57 Å². The summed E-state index contributed by atoms with van der Waals surface area (Å²) in [5, 5.41) is 0. The number of nitrogens with zero attached hydrogens (tertiary/aromatic N) is 1. The average molecular weight is 560 g/mol. The summed E-state index contributed by atoms with van der Waals surface area (Å²) in [4.78, 5) is 29.3. The van der Waals surface area contributed by atoms with Crippen LogP contribution in [0.3, 0.4) is 0 Å². The zero-order valence-corrected chi connectivity index (χ0v) is 25.7. The van der Waals surface area contributed by atoms with E-state index in [9.17, 15) is 9.59 Å². The number of carbonyl (C=O) groups is 2. The van der Waals surface area contributed by atoms with E-state index in [2.05, 4.69) is 25.6 Å². The van der Waals surface area contributed by atoms with Crippen LogP contribution in [0.25, 0.3) is 4.85 Å². The lowest BCUT2D eigenvalue weighted by Crippen LogP contribution is -2.39. The van der Waals surface area contributed by atoms with E-state index in [1.807, 2.05) is 0 Å². The third-order valence-corrected chi connectivity index (χ3v) is 10.1. The summed E-state index contributed by atoms with van der Waals surface area (Å²) < 4.78 is 17.6. The molecule has 0 amide bonds. The summed E-state index contributed by atoms with van der Waals surface area (Å²) >= 11 is 0. The van der Waals surface area contributed by atoms with E-state index < -0.39 is 0 Å². The van der Waals surface area contributed by atoms with Crippen LogP contribution >= 0.6 is 0 Å². The zero-order chi connectivity index (χ0) is 28.7. The molecule has 0 bridgehead atoms. The average Bonchev–Trinajstić information content (AvgIpc) is 2.99. The third kappa shape index (κ3) is 10.7. The largest absolute Gasteiger partial charge is 0.465 e. The Morgan fingerprint density at radius 1 is 0.800 bits per heavy atom. The monoisotopic (exact) mass is 559 g/mol. The Kier molecular flexibility index (Phi) is 14.8. The van der Waals surface area contributed by atoms with Crippen LogP contribution < -0.4 is 0 Å². The van der Waals surface area contributed by atoms with Crippen LogP contribution in [0.2, 0.25) is 0 Å². The van der Waals surface area contributed by atoms with Crippen molar-refractivity contribution in [3.05, 3.63) is 11.4 Å². The molecule has 228 valence electrons. The molecule has 0 spiro atoms. The smallest absolute Gasteiger partial charge is 0.309 e. The van der Waals surface area contributed by atoms with Crippen molar-refractivity contribution in [2.75, 3.05) is 13.2 Å². The quantitative estimate of drug-likeness (QED) is 0.115. The minimum Gasteiger partial charge on any atom is -0.465 e. The summed E-state index contributed by atoms with van der Waals surface area (Å²) in [5.41, 5.74) is 0. The Labute approximate surface area is 244 Å². The van der Waals surface area contributed by atoms with E-state index in [0.717, 1.165) is 83.5 Å². The lowest BCUT2D eigenvalue weighted by Gasteiger charge is -2.37. The topological polar surface area (TPSA) is 66.2 Å².